The number of urea groups is 1. The van der Waals surface area contributed by atoms with E-state index >= 15 is 0 Å². The number of rotatable bonds is 8. The molecule has 3 aromatic carbocycles. The molecule has 0 heterocycles. The zero-order chi connectivity index (χ0) is 22.1. The third-order valence-electron chi connectivity index (χ3n) is 3.93. The number of halogens is 2. The Morgan fingerprint density at radius 2 is 1.58 bits per heavy atom. The van der Waals surface area contributed by atoms with Crippen molar-refractivity contribution < 1.29 is 14.0 Å². The smallest absolute Gasteiger partial charge is 0.322 e. The summed E-state index contributed by atoms with van der Waals surface area (Å²) in [5.74, 6) is 0.500. The van der Waals surface area contributed by atoms with Gasteiger partial charge in [-0.2, -0.15) is 0 Å². The van der Waals surface area contributed by atoms with Gasteiger partial charge in [0.15, 0.2) is 0 Å². The summed E-state index contributed by atoms with van der Waals surface area (Å²) in [5, 5.41) is 5.35. The van der Waals surface area contributed by atoms with Crippen LogP contribution in [0, 0.1) is 5.82 Å². The fourth-order valence-corrected chi connectivity index (χ4v) is 4.63. The molecular weight excluding hydrogens is 501 g/mol. The minimum absolute atomic E-state index is 0.0285. The predicted octanol–water partition coefficient (Wildman–Crippen LogP) is 6.40. The third-order valence-corrected chi connectivity index (χ3v) is 6.42. The fourth-order valence-electron chi connectivity index (χ4n) is 2.51. The molecule has 0 spiro atoms. The summed E-state index contributed by atoms with van der Waals surface area (Å²) < 4.78 is 17.5. The lowest BCUT2D eigenvalue weighted by Crippen LogP contribution is -2.23. The molecule has 3 amide bonds. The number of carbonyl (C=O) groups is 2. The summed E-state index contributed by atoms with van der Waals surface area (Å²) in [6.07, 6.45) is 0. The van der Waals surface area contributed by atoms with Gasteiger partial charge in [0.05, 0.1) is 5.56 Å². The maximum atomic E-state index is 13.7. The summed E-state index contributed by atoms with van der Waals surface area (Å²) in [5.41, 5.74) is 1.04. The van der Waals surface area contributed by atoms with Crippen LogP contribution in [0.1, 0.15) is 10.4 Å². The first-order valence-electron chi connectivity index (χ1n) is 9.24. The molecule has 0 atom stereocenters. The van der Waals surface area contributed by atoms with Crippen molar-refractivity contribution in [2.45, 2.75) is 4.90 Å². The number of amides is 3. The standard InChI is InChI=1S/C22H19BrFN3O2S2/c23-15-4-3-5-18(14-15)30-12-13-31-27-22(29)26-17-10-8-16(9-11-17)25-21(28)19-6-1-2-7-20(19)24/h1-11,14H,12-13H2,(H,25,28)(H2,26,27,29). The van der Waals surface area contributed by atoms with Gasteiger partial charge in [-0.25, -0.2) is 9.18 Å². The second-order valence-corrected chi connectivity index (χ2v) is 9.21. The summed E-state index contributed by atoms with van der Waals surface area (Å²) in [6.45, 7) is 0. The predicted molar refractivity (Wildman–Crippen MR) is 130 cm³/mol. The van der Waals surface area contributed by atoms with Gasteiger partial charge in [0.25, 0.3) is 5.91 Å². The van der Waals surface area contributed by atoms with Crippen molar-refractivity contribution in [2.75, 3.05) is 22.1 Å². The lowest BCUT2D eigenvalue weighted by Gasteiger charge is -2.09. The van der Waals surface area contributed by atoms with Gasteiger partial charge in [-0.3, -0.25) is 9.52 Å². The number of benzene rings is 3. The van der Waals surface area contributed by atoms with Crippen LogP contribution in [0.5, 0.6) is 0 Å². The summed E-state index contributed by atoms with van der Waals surface area (Å²) in [4.78, 5) is 25.3. The maximum absolute atomic E-state index is 13.7. The Morgan fingerprint density at radius 3 is 2.29 bits per heavy atom. The zero-order valence-corrected chi connectivity index (χ0v) is 19.5. The molecule has 0 aromatic heterocycles. The highest BCUT2D eigenvalue weighted by Gasteiger charge is 2.11. The van der Waals surface area contributed by atoms with Gasteiger partial charge in [0, 0.05) is 32.2 Å². The molecule has 9 heteroatoms. The Bertz CT molecular complexity index is 1050. The molecule has 3 aromatic rings. The Hall–Kier alpha value is -2.49. The van der Waals surface area contributed by atoms with Gasteiger partial charge in [-0.15, -0.1) is 11.8 Å². The Kier molecular flexibility index (Phi) is 8.81. The van der Waals surface area contributed by atoms with Crippen LogP contribution < -0.4 is 15.4 Å². The number of hydrogen-bond acceptors (Lipinski definition) is 4. The van der Waals surface area contributed by atoms with E-state index in [9.17, 15) is 14.0 Å². The van der Waals surface area contributed by atoms with Crippen LogP contribution in [0.4, 0.5) is 20.6 Å². The number of thioether (sulfide) groups is 1. The summed E-state index contributed by atoms with van der Waals surface area (Å²) >= 11 is 6.49. The molecule has 5 nitrogen and oxygen atoms in total. The highest BCUT2D eigenvalue weighted by molar-refractivity contribution is 9.10. The number of nitrogens with one attached hydrogen (secondary N) is 3. The molecule has 0 radical (unpaired) electrons. The van der Waals surface area contributed by atoms with Crippen molar-refractivity contribution in [1.29, 1.82) is 0 Å². The van der Waals surface area contributed by atoms with Gasteiger partial charge in [0.1, 0.15) is 5.82 Å². The van der Waals surface area contributed by atoms with Gasteiger partial charge in [0.2, 0.25) is 0 Å². The van der Waals surface area contributed by atoms with E-state index < -0.39 is 11.7 Å². The Morgan fingerprint density at radius 1 is 0.871 bits per heavy atom. The minimum Gasteiger partial charge on any atom is -0.322 e. The molecule has 0 saturated heterocycles. The molecule has 3 N–H and O–H groups in total. The molecule has 0 bridgehead atoms. The van der Waals surface area contributed by atoms with Gasteiger partial charge in [-0.1, -0.05) is 34.1 Å². The summed E-state index contributed by atoms with van der Waals surface area (Å²) in [6, 6.07) is 20.1. The molecule has 31 heavy (non-hydrogen) atoms. The SMILES string of the molecule is O=C(NSCCSc1cccc(Br)c1)Nc1ccc(NC(=O)c2ccccc2F)cc1. The van der Waals surface area contributed by atoms with E-state index in [1.165, 1.54) is 35.0 Å². The van der Waals surface area contributed by atoms with Gasteiger partial charge >= 0.3 is 6.03 Å². The van der Waals surface area contributed by atoms with Crippen LogP contribution in [0.2, 0.25) is 0 Å². The first-order chi connectivity index (χ1) is 15.0. The second-order valence-electron chi connectivity index (χ2n) is 6.22. The molecule has 0 unspecified atom stereocenters. The summed E-state index contributed by atoms with van der Waals surface area (Å²) in [7, 11) is 0. The Labute approximate surface area is 196 Å². The molecule has 0 aliphatic heterocycles. The lowest BCUT2D eigenvalue weighted by atomic mass is 10.2. The first kappa shape index (κ1) is 23.2. The van der Waals surface area contributed by atoms with Crippen LogP contribution in [0.25, 0.3) is 0 Å². The minimum atomic E-state index is -0.581. The van der Waals surface area contributed by atoms with E-state index in [0.717, 1.165) is 16.0 Å². The van der Waals surface area contributed by atoms with E-state index in [4.69, 9.17) is 0 Å². The number of carbonyl (C=O) groups excluding carboxylic acids is 2. The highest BCUT2D eigenvalue weighted by Crippen LogP contribution is 2.22. The normalized spacial score (nSPS) is 10.4. The van der Waals surface area contributed by atoms with Crippen LogP contribution in [0.15, 0.2) is 82.2 Å². The third kappa shape index (κ3) is 7.61. The maximum Gasteiger partial charge on any atom is 0.329 e. The largest absolute Gasteiger partial charge is 0.329 e. The molecule has 3 rings (SSSR count). The lowest BCUT2D eigenvalue weighted by molar-refractivity contribution is 0.102. The zero-order valence-electron chi connectivity index (χ0n) is 16.2. The van der Waals surface area contributed by atoms with Crippen LogP contribution >= 0.6 is 39.6 Å². The fraction of sp³-hybridized carbons (Fsp3) is 0.0909. The molecule has 160 valence electrons. The number of anilines is 2. The van der Waals surface area contributed by atoms with E-state index in [2.05, 4.69) is 37.4 Å². The molecule has 0 aliphatic carbocycles. The van der Waals surface area contributed by atoms with E-state index in [1.807, 2.05) is 18.2 Å². The van der Waals surface area contributed by atoms with Crippen LogP contribution in [-0.4, -0.2) is 23.4 Å². The van der Waals surface area contributed by atoms with Crippen molar-refractivity contribution >= 4 is 63.0 Å². The second kappa shape index (κ2) is 11.8. The topological polar surface area (TPSA) is 70.2 Å². The van der Waals surface area contributed by atoms with Crippen molar-refractivity contribution in [3.05, 3.63) is 88.6 Å². The van der Waals surface area contributed by atoms with E-state index in [0.29, 0.717) is 11.4 Å². The molecule has 0 saturated carbocycles. The van der Waals surface area contributed by atoms with Gasteiger partial charge in [-0.05, 0) is 66.5 Å². The van der Waals surface area contributed by atoms with Crippen molar-refractivity contribution in [2.24, 2.45) is 0 Å². The average molecular weight is 520 g/mol. The first-order valence-corrected chi connectivity index (χ1v) is 12.0. The van der Waals surface area contributed by atoms with Gasteiger partial charge < -0.3 is 10.6 Å². The number of hydrogen-bond donors (Lipinski definition) is 3. The molecule has 0 aliphatic rings. The van der Waals surface area contributed by atoms with Crippen molar-refractivity contribution in [1.82, 2.24) is 4.72 Å². The van der Waals surface area contributed by atoms with Crippen molar-refractivity contribution in [3.8, 4) is 0 Å². The highest BCUT2D eigenvalue weighted by atomic mass is 79.9. The Balaban J connectivity index is 1.38. The molecule has 0 fully saturated rings. The van der Waals surface area contributed by atoms with Crippen LogP contribution in [0.3, 0.4) is 0 Å². The van der Waals surface area contributed by atoms with Crippen LogP contribution in [-0.2, 0) is 0 Å². The van der Waals surface area contributed by atoms with E-state index in [-0.39, 0.29) is 11.6 Å². The quantitative estimate of drug-likeness (QED) is 0.183. The van der Waals surface area contributed by atoms with E-state index in [1.54, 1.807) is 42.1 Å². The van der Waals surface area contributed by atoms with Crippen molar-refractivity contribution in [3.63, 3.8) is 0 Å². The monoisotopic (exact) mass is 519 g/mol. The molecular formula is C22H19BrFN3O2S2. The average Bonchev–Trinajstić information content (AvgIpc) is 2.75.